The number of hydrogen-bond acceptors (Lipinski definition) is 3. The number of benzene rings is 1. The van der Waals surface area contributed by atoms with Gasteiger partial charge in [0, 0.05) is 36.6 Å². The molecule has 2 saturated heterocycles. The van der Waals surface area contributed by atoms with Gasteiger partial charge in [0.25, 0.3) is 5.91 Å². The van der Waals surface area contributed by atoms with Crippen molar-refractivity contribution in [1.82, 2.24) is 4.90 Å². The van der Waals surface area contributed by atoms with Crippen molar-refractivity contribution in [1.29, 1.82) is 0 Å². The molecule has 0 unspecified atom stereocenters. The van der Waals surface area contributed by atoms with Gasteiger partial charge < -0.3 is 14.4 Å². The Balaban J connectivity index is 1.42. The average Bonchev–Trinajstić information content (AvgIpc) is 3.09. The van der Waals surface area contributed by atoms with Crippen molar-refractivity contribution < 1.29 is 23.0 Å². The summed E-state index contributed by atoms with van der Waals surface area (Å²) in [4.78, 5) is 14.4. The highest BCUT2D eigenvalue weighted by Crippen LogP contribution is 2.42. The lowest BCUT2D eigenvalue weighted by Crippen LogP contribution is -2.38. The number of fused-ring (bicyclic) bond motifs is 1. The van der Waals surface area contributed by atoms with Crippen molar-refractivity contribution in [3.63, 3.8) is 0 Å². The summed E-state index contributed by atoms with van der Waals surface area (Å²) in [5.41, 5.74) is 0.0168. The average molecular weight is 351 g/mol. The number of carbonyl (C=O) groups is 1. The second-order valence-electron chi connectivity index (χ2n) is 7.70. The molecule has 0 aromatic heterocycles. The van der Waals surface area contributed by atoms with Crippen LogP contribution >= 0.6 is 0 Å². The summed E-state index contributed by atoms with van der Waals surface area (Å²) in [6.07, 6.45) is 3.78. The highest BCUT2D eigenvalue weighted by atomic mass is 19.2. The fourth-order valence-corrected chi connectivity index (χ4v) is 4.09. The number of likely N-dealkylation sites (tertiary alicyclic amines) is 1. The molecule has 3 aliphatic rings. The second-order valence-corrected chi connectivity index (χ2v) is 7.70. The van der Waals surface area contributed by atoms with Crippen molar-refractivity contribution in [2.24, 2.45) is 17.3 Å². The van der Waals surface area contributed by atoms with Crippen LogP contribution in [0.15, 0.2) is 18.2 Å². The predicted molar refractivity (Wildman–Crippen MR) is 87.2 cm³/mol. The summed E-state index contributed by atoms with van der Waals surface area (Å²) in [6, 6.07) is 3.31. The number of halogens is 2. The SMILES string of the molecule is O=C(c1ccc(F)c(F)c1)N1C[C@@H]2COC[C@]2(COCC2CCC2)C1. The van der Waals surface area contributed by atoms with E-state index in [9.17, 15) is 13.6 Å². The molecule has 25 heavy (non-hydrogen) atoms. The number of rotatable bonds is 5. The van der Waals surface area contributed by atoms with Crippen molar-refractivity contribution in [3.8, 4) is 0 Å². The summed E-state index contributed by atoms with van der Waals surface area (Å²) in [6.45, 7) is 3.70. The maximum absolute atomic E-state index is 13.4. The third-order valence-corrected chi connectivity index (χ3v) is 5.94. The zero-order valence-electron chi connectivity index (χ0n) is 14.2. The molecule has 136 valence electrons. The summed E-state index contributed by atoms with van der Waals surface area (Å²) >= 11 is 0. The van der Waals surface area contributed by atoms with Gasteiger partial charge in [-0.2, -0.15) is 0 Å². The minimum absolute atomic E-state index is 0.169. The zero-order chi connectivity index (χ0) is 17.4. The molecule has 4 nitrogen and oxygen atoms in total. The maximum Gasteiger partial charge on any atom is 0.253 e. The van der Waals surface area contributed by atoms with Crippen molar-refractivity contribution >= 4 is 5.91 Å². The van der Waals surface area contributed by atoms with E-state index in [1.165, 1.54) is 25.3 Å². The Morgan fingerprint density at radius 1 is 1.32 bits per heavy atom. The van der Waals surface area contributed by atoms with Gasteiger partial charge in [-0.25, -0.2) is 8.78 Å². The molecule has 0 spiro atoms. The van der Waals surface area contributed by atoms with E-state index >= 15 is 0 Å². The van der Waals surface area contributed by atoms with Crippen LogP contribution in [0, 0.1) is 28.9 Å². The molecular weight excluding hydrogens is 328 g/mol. The lowest BCUT2D eigenvalue weighted by atomic mass is 9.81. The van der Waals surface area contributed by atoms with Crippen molar-refractivity contribution in [3.05, 3.63) is 35.4 Å². The first-order valence-electron chi connectivity index (χ1n) is 8.97. The first kappa shape index (κ1) is 16.9. The Labute approximate surface area is 146 Å². The molecule has 6 heteroatoms. The number of carbonyl (C=O) groups excluding carboxylic acids is 1. The molecule has 2 heterocycles. The number of hydrogen-bond donors (Lipinski definition) is 0. The van der Waals surface area contributed by atoms with E-state index in [0.29, 0.717) is 38.8 Å². The van der Waals surface area contributed by atoms with Gasteiger partial charge in [-0.05, 0) is 37.0 Å². The Morgan fingerprint density at radius 2 is 2.16 bits per heavy atom. The topological polar surface area (TPSA) is 38.8 Å². The van der Waals surface area contributed by atoms with Crippen LogP contribution in [0.4, 0.5) is 8.78 Å². The summed E-state index contributed by atoms with van der Waals surface area (Å²) in [5, 5.41) is 0. The van der Waals surface area contributed by atoms with E-state index in [-0.39, 0.29) is 22.8 Å². The predicted octanol–water partition coefficient (Wildman–Crippen LogP) is 2.87. The van der Waals surface area contributed by atoms with Crippen LogP contribution in [-0.2, 0) is 9.47 Å². The monoisotopic (exact) mass is 351 g/mol. The van der Waals surface area contributed by atoms with Gasteiger partial charge in [0.1, 0.15) is 0 Å². The minimum Gasteiger partial charge on any atom is -0.380 e. The van der Waals surface area contributed by atoms with Gasteiger partial charge in [0.15, 0.2) is 11.6 Å². The third kappa shape index (κ3) is 3.17. The molecular formula is C19H23F2NO3. The Kier molecular flexibility index (Phi) is 4.50. The van der Waals surface area contributed by atoms with Crippen molar-refractivity contribution in [2.75, 3.05) is 39.5 Å². The van der Waals surface area contributed by atoms with Crippen molar-refractivity contribution in [2.45, 2.75) is 19.3 Å². The third-order valence-electron chi connectivity index (χ3n) is 5.94. The molecule has 1 aliphatic carbocycles. The highest BCUT2D eigenvalue weighted by molar-refractivity contribution is 5.94. The molecule has 3 fully saturated rings. The van der Waals surface area contributed by atoms with E-state index in [1.54, 1.807) is 4.90 Å². The van der Waals surface area contributed by atoms with E-state index in [0.717, 1.165) is 18.7 Å². The van der Waals surface area contributed by atoms with Gasteiger partial charge in [0.05, 0.1) is 19.8 Å². The maximum atomic E-state index is 13.4. The largest absolute Gasteiger partial charge is 0.380 e. The van der Waals surface area contributed by atoms with Crippen LogP contribution in [0.3, 0.4) is 0 Å². The van der Waals surface area contributed by atoms with Crippen LogP contribution in [-0.4, -0.2) is 50.3 Å². The second kappa shape index (κ2) is 6.65. The normalized spacial score (nSPS) is 28.9. The van der Waals surface area contributed by atoms with Gasteiger partial charge in [0.2, 0.25) is 0 Å². The van der Waals surface area contributed by atoms with Crippen LogP contribution in [0.2, 0.25) is 0 Å². The zero-order valence-corrected chi connectivity index (χ0v) is 14.2. The van der Waals surface area contributed by atoms with Crippen LogP contribution in [0.5, 0.6) is 0 Å². The van der Waals surface area contributed by atoms with Crippen LogP contribution < -0.4 is 0 Å². The van der Waals surface area contributed by atoms with E-state index in [1.807, 2.05) is 0 Å². The first-order chi connectivity index (χ1) is 12.1. The van der Waals surface area contributed by atoms with Crippen LogP contribution in [0.1, 0.15) is 29.6 Å². The van der Waals surface area contributed by atoms with E-state index in [2.05, 4.69) is 0 Å². The molecule has 0 bridgehead atoms. The lowest BCUT2D eigenvalue weighted by Gasteiger charge is -2.30. The van der Waals surface area contributed by atoms with Gasteiger partial charge in [-0.15, -0.1) is 0 Å². The van der Waals surface area contributed by atoms with E-state index < -0.39 is 11.6 Å². The number of nitrogens with zero attached hydrogens (tertiary/aromatic N) is 1. The minimum atomic E-state index is -0.993. The molecule has 1 aromatic rings. The highest BCUT2D eigenvalue weighted by Gasteiger charge is 2.52. The molecule has 2 atom stereocenters. The summed E-state index contributed by atoms with van der Waals surface area (Å²) < 4.78 is 38.1. The molecule has 1 aromatic carbocycles. The Bertz CT molecular complexity index is 664. The fraction of sp³-hybridized carbons (Fsp3) is 0.632. The van der Waals surface area contributed by atoms with E-state index in [4.69, 9.17) is 9.47 Å². The number of amides is 1. The molecule has 1 amide bonds. The molecule has 4 rings (SSSR count). The summed E-state index contributed by atoms with van der Waals surface area (Å²) in [7, 11) is 0. The lowest BCUT2D eigenvalue weighted by molar-refractivity contribution is -0.0000971. The summed E-state index contributed by atoms with van der Waals surface area (Å²) in [5.74, 6) is -1.27. The van der Waals surface area contributed by atoms with Crippen LogP contribution in [0.25, 0.3) is 0 Å². The quantitative estimate of drug-likeness (QED) is 0.819. The number of ether oxygens (including phenoxy) is 2. The Hall–Kier alpha value is -1.53. The van der Waals surface area contributed by atoms with Gasteiger partial charge >= 0.3 is 0 Å². The molecule has 0 N–H and O–H groups in total. The Morgan fingerprint density at radius 3 is 2.88 bits per heavy atom. The first-order valence-corrected chi connectivity index (χ1v) is 8.97. The van der Waals surface area contributed by atoms with Gasteiger partial charge in [-0.3, -0.25) is 4.79 Å². The molecule has 1 saturated carbocycles. The standard InChI is InChI=1S/C19H23F2NO3/c20-16-5-4-14(6-17(16)21)18(23)22-7-15-9-25-12-19(15,10-22)11-24-8-13-2-1-3-13/h4-6,13,15H,1-3,7-12H2/t15-,19-/m1/s1. The smallest absolute Gasteiger partial charge is 0.253 e. The molecule has 2 aliphatic heterocycles. The van der Waals surface area contributed by atoms with Gasteiger partial charge in [-0.1, -0.05) is 6.42 Å². The fourth-order valence-electron chi connectivity index (χ4n) is 4.09. The molecule has 0 radical (unpaired) electrons.